The summed E-state index contributed by atoms with van der Waals surface area (Å²) < 4.78 is 23.3. The van der Waals surface area contributed by atoms with Gasteiger partial charge in [-0.05, 0) is 32.1 Å². The van der Waals surface area contributed by atoms with Crippen LogP contribution in [0.25, 0.3) is 0 Å². The van der Waals surface area contributed by atoms with Crippen LogP contribution in [0.1, 0.15) is 341 Å². The minimum atomic E-state index is -4.60. The smallest absolute Gasteiger partial charge is 0.268 e. The van der Waals surface area contributed by atoms with E-state index in [0.717, 1.165) is 38.5 Å². The van der Waals surface area contributed by atoms with Gasteiger partial charge in [0.05, 0.1) is 39.9 Å². The Morgan fingerprint density at radius 3 is 1.08 bits per heavy atom. The van der Waals surface area contributed by atoms with Gasteiger partial charge in [0.15, 0.2) is 0 Å². The van der Waals surface area contributed by atoms with E-state index < -0.39 is 20.0 Å². The van der Waals surface area contributed by atoms with Gasteiger partial charge in [0.2, 0.25) is 5.91 Å². The third kappa shape index (κ3) is 60.5. The molecule has 0 aromatic carbocycles. The number of nitrogens with one attached hydrogen (secondary N) is 1. The van der Waals surface area contributed by atoms with E-state index in [-0.39, 0.29) is 19.1 Å². The van der Waals surface area contributed by atoms with Crippen LogP contribution >= 0.6 is 7.82 Å². The maximum absolute atomic E-state index is 13.0. The number of amides is 1. The lowest BCUT2D eigenvalue weighted by atomic mass is 10.0. The normalized spacial score (nSPS) is 13.9. The number of hydrogen-bond acceptors (Lipinski definition) is 6. The predicted octanol–water partition coefficient (Wildman–Crippen LogP) is 20.1. The van der Waals surface area contributed by atoms with E-state index in [0.29, 0.717) is 17.4 Å². The van der Waals surface area contributed by atoms with Crippen molar-refractivity contribution in [2.45, 2.75) is 353 Å². The van der Waals surface area contributed by atoms with Crippen LogP contribution in [-0.2, 0) is 18.4 Å². The van der Waals surface area contributed by atoms with Crippen LogP contribution in [0.15, 0.2) is 24.3 Å². The Bertz CT molecular complexity index is 1270. The van der Waals surface area contributed by atoms with Crippen LogP contribution in [0.5, 0.6) is 0 Å². The third-order valence-electron chi connectivity index (χ3n) is 15.4. The number of rotatable bonds is 62. The number of nitrogens with zero attached hydrogens (tertiary/aromatic N) is 1. The topological polar surface area (TPSA) is 108 Å². The van der Waals surface area contributed by atoms with Crippen molar-refractivity contribution < 1.29 is 32.9 Å². The number of carbonyl (C=O) groups is 1. The summed E-state index contributed by atoms with van der Waals surface area (Å²) in [6.07, 6.45) is 74.6. The van der Waals surface area contributed by atoms with Gasteiger partial charge < -0.3 is 28.8 Å². The highest BCUT2D eigenvalue weighted by atomic mass is 31.2. The van der Waals surface area contributed by atoms with Crippen molar-refractivity contribution in [2.24, 2.45) is 0 Å². The fourth-order valence-electron chi connectivity index (χ4n) is 10.2. The molecule has 0 saturated heterocycles. The summed E-state index contributed by atoms with van der Waals surface area (Å²) >= 11 is 0. The number of unbranched alkanes of at least 4 members (excludes halogenated alkanes) is 47. The molecule has 0 bridgehead atoms. The van der Waals surface area contributed by atoms with Gasteiger partial charge in [0.1, 0.15) is 13.2 Å². The molecule has 1 amide bonds. The molecule has 0 aliphatic carbocycles. The number of allylic oxidation sites excluding steroid dienone is 3. The fraction of sp³-hybridized carbons (Fsp3) is 0.924. The summed E-state index contributed by atoms with van der Waals surface area (Å²) in [6.45, 7) is 4.67. The van der Waals surface area contributed by atoms with Crippen LogP contribution < -0.4 is 10.2 Å². The zero-order valence-corrected chi connectivity index (χ0v) is 51.9. The first kappa shape index (κ1) is 74.0. The van der Waals surface area contributed by atoms with Crippen LogP contribution in [0, 0.1) is 0 Å². The lowest BCUT2D eigenvalue weighted by Crippen LogP contribution is -2.45. The number of carbonyl (C=O) groups excluding carboxylic acids is 1. The lowest BCUT2D eigenvalue weighted by molar-refractivity contribution is -0.870. The molecule has 0 aromatic rings. The molecular weight excluding hydrogens is 948 g/mol. The first-order valence-electron chi connectivity index (χ1n) is 33.2. The summed E-state index contributed by atoms with van der Waals surface area (Å²) in [4.78, 5) is 25.5. The maximum Gasteiger partial charge on any atom is 0.268 e. The average molecular weight is 1080 g/mol. The van der Waals surface area contributed by atoms with Gasteiger partial charge in [-0.1, -0.05) is 327 Å². The van der Waals surface area contributed by atoms with E-state index >= 15 is 0 Å². The van der Waals surface area contributed by atoms with Crippen molar-refractivity contribution in [1.82, 2.24) is 5.32 Å². The summed E-state index contributed by atoms with van der Waals surface area (Å²) in [5.74, 6) is -0.200. The van der Waals surface area contributed by atoms with E-state index in [1.807, 2.05) is 27.2 Å². The molecule has 0 spiro atoms. The Labute approximate surface area is 468 Å². The molecule has 0 rings (SSSR count). The zero-order valence-electron chi connectivity index (χ0n) is 51.0. The molecular formula is C66H131N2O6P. The zero-order chi connectivity index (χ0) is 54.9. The third-order valence-corrected chi connectivity index (χ3v) is 16.4. The number of phosphoric acid groups is 1. The van der Waals surface area contributed by atoms with Crippen LogP contribution in [0.2, 0.25) is 0 Å². The summed E-state index contributed by atoms with van der Waals surface area (Å²) in [5.41, 5.74) is 0. The molecule has 75 heavy (non-hydrogen) atoms. The molecule has 3 atom stereocenters. The van der Waals surface area contributed by atoms with Gasteiger partial charge >= 0.3 is 0 Å². The predicted molar refractivity (Wildman–Crippen MR) is 325 cm³/mol. The van der Waals surface area contributed by atoms with Crippen molar-refractivity contribution >= 4 is 13.7 Å². The molecule has 0 fully saturated rings. The molecule has 446 valence electrons. The molecule has 0 aliphatic heterocycles. The second kappa shape index (κ2) is 57.7. The molecule has 0 radical (unpaired) electrons. The Morgan fingerprint density at radius 2 is 0.747 bits per heavy atom. The number of aliphatic hydroxyl groups excluding tert-OH is 1. The summed E-state index contributed by atoms with van der Waals surface area (Å²) in [7, 11) is 1.26. The molecule has 0 heterocycles. The molecule has 3 unspecified atom stereocenters. The van der Waals surface area contributed by atoms with Crippen molar-refractivity contribution in [3.8, 4) is 0 Å². The molecule has 0 saturated carbocycles. The molecule has 9 heteroatoms. The average Bonchev–Trinajstić information content (AvgIpc) is 3.37. The number of quaternary nitrogens is 1. The van der Waals surface area contributed by atoms with Crippen LogP contribution in [0.4, 0.5) is 0 Å². The minimum absolute atomic E-state index is 0.00379. The summed E-state index contributed by atoms with van der Waals surface area (Å²) in [5, 5.41) is 13.9. The van der Waals surface area contributed by atoms with Gasteiger partial charge in [-0.15, -0.1) is 0 Å². The molecule has 0 aliphatic rings. The van der Waals surface area contributed by atoms with Gasteiger partial charge in [-0.3, -0.25) is 9.36 Å². The van der Waals surface area contributed by atoms with Gasteiger partial charge in [-0.25, -0.2) is 0 Å². The molecule has 0 aromatic heterocycles. The van der Waals surface area contributed by atoms with Crippen molar-refractivity contribution in [3.05, 3.63) is 24.3 Å². The van der Waals surface area contributed by atoms with Crippen molar-refractivity contribution in [1.29, 1.82) is 0 Å². The van der Waals surface area contributed by atoms with E-state index in [1.54, 1.807) is 6.08 Å². The second-order valence-corrected chi connectivity index (χ2v) is 25.6. The first-order valence-corrected chi connectivity index (χ1v) is 34.7. The molecule has 2 N–H and O–H groups in total. The fourth-order valence-corrected chi connectivity index (χ4v) is 11.0. The Balaban J connectivity index is 3.89. The standard InChI is InChI=1S/C66H131N2O6P/c1-6-8-10-12-14-16-18-20-22-23-24-25-26-27-28-29-30-31-32-33-34-35-36-37-38-39-40-41-42-43-44-46-48-50-52-54-56-58-60-66(70)67-64(63-74-75(71,72)73-62-61-68(3,4)5)65(69)59-57-55-53-51-49-47-45-21-19-17-15-13-11-9-7-2/h49,51,57,59,64-65,69H,6-48,50,52-56,58,60-63H2,1-5H3,(H-,67,70,71,72)/b51-49+,59-57+. The van der Waals surface area contributed by atoms with Crippen LogP contribution in [0.3, 0.4) is 0 Å². The number of likely N-dealkylation sites (N-methyl/N-ethyl adjacent to an activating group) is 1. The highest BCUT2D eigenvalue weighted by molar-refractivity contribution is 7.45. The van der Waals surface area contributed by atoms with Crippen molar-refractivity contribution in [2.75, 3.05) is 40.9 Å². The largest absolute Gasteiger partial charge is 0.756 e. The van der Waals surface area contributed by atoms with E-state index in [9.17, 15) is 19.4 Å². The van der Waals surface area contributed by atoms with Gasteiger partial charge in [0.25, 0.3) is 7.82 Å². The van der Waals surface area contributed by atoms with Crippen molar-refractivity contribution in [3.63, 3.8) is 0 Å². The Hall–Kier alpha value is -1.02. The maximum atomic E-state index is 13.0. The number of hydrogen-bond donors (Lipinski definition) is 2. The number of phosphoric ester groups is 1. The van der Waals surface area contributed by atoms with E-state index in [4.69, 9.17) is 9.05 Å². The molecule has 8 nitrogen and oxygen atoms in total. The highest BCUT2D eigenvalue weighted by Gasteiger charge is 2.23. The monoisotopic (exact) mass is 1080 g/mol. The first-order chi connectivity index (χ1) is 36.5. The van der Waals surface area contributed by atoms with Gasteiger partial charge in [-0.2, -0.15) is 0 Å². The second-order valence-electron chi connectivity index (χ2n) is 24.2. The SMILES string of the molecule is CCCCCCCCCCC/C=C/CC/C=C/C(O)C(COP(=O)([O-])OCC[N+](C)(C)C)NC(=O)CCCCCCCCCCCCCCCCCCCCCCCCCCCCCCCCCCCCCCCC. The Kier molecular flexibility index (Phi) is 56.9. The van der Waals surface area contributed by atoms with E-state index in [1.165, 1.54) is 283 Å². The van der Waals surface area contributed by atoms with Gasteiger partial charge in [0, 0.05) is 6.42 Å². The van der Waals surface area contributed by atoms with E-state index in [2.05, 4.69) is 31.3 Å². The number of aliphatic hydroxyl groups is 1. The highest BCUT2D eigenvalue weighted by Crippen LogP contribution is 2.38. The summed E-state index contributed by atoms with van der Waals surface area (Å²) in [6, 6.07) is -0.900. The quantitative estimate of drug-likeness (QED) is 0.0272. The van der Waals surface area contributed by atoms with Crippen LogP contribution in [-0.4, -0.2) is 68.5 Å². The lowest BCUT2D eigenvalue weighted by Gasteiger charge is -2.29. The Morgan fingerprint density at radius 1 is 0.453 bits per heavy atom. The minimum Gasteiger partial charge on any atom is -0.756 e.